The largest absolute Gasteiger partial charge is 0.573 e. The van der Waals surface area contributed by atoms with Gasteiger partial charge in [0.2, 0.25) is 10.0 Å². The molecule has 1 saturated heterocycles. The molecule has 2 heterocycles. The van der Waals surface area contributed by atoms with E-state index in [1.807, 2.05) is 38.2 Å². The Morgan fingerprint density at radius 2 is 1.76 bits per heavy atom. The van der Waals surface area contributed by atoms with Gasteiger partial charge in [0.05, 0.1) is 6.04 Å². The number of rotatable bonds is 5. The Morgan fingerprint density at radius 3 is 2.44 bits per heavy atom. The van der Waals surface area contributed by atoms with Crippen LogP contribution in [0.3, 0.4) is 0 Å². The van der Waals surface area contributed by atoms with Crippen molar-refractivity contribution in [2.45, 2.75) is 42.7 Å². The minimum atomic E-state index is -4.99. The molecular weight excluding hydrogens is 471 g/mol. The standard InChI is InChI=1S/C22H26F3N5O3S/c1-21(26-2)16-7-3-4-8-17(16)28-20(29-21)27-15-11-13-30(14-12-15)34(31,32)19-10-6-5-9-18(19)33-22(23,24)25/h3-10,15,26H,11-14H2,1-2H3,(H2,27,28,29). The number of ether oxygens (including phenoxy) is 1. The highest BCUT2D eigenvalue weighted by Crippen LogP contribution is 2.33. The Kier molecular flexibility index (Phi) is 6.49. The second-order valence-electron chi connectivity index (χ2n) is 8.28. The number of anilines is 1. The van der Waals surface area contributed by atoms with Crippen LogP contribution in [0.1, 0.15) is 25.3 Å². The smallest absolute Gasteiger partial charge is 0.404 e. The number of sulfonamides is 1. The van der Waals surface area contributed by atoms with Crippen LogP contribution >= 0.6 is 0 Å². The predicted molar refractivity (Wildman–Crippen MR) is 122 cm³/mol. The first-order valence-corrected chi connectivity index (χ1v) is 12.2. The van der Waals surface area contributed by atoms with Gasteiger partial charge in [-0.15, -0.1) is 13.2 Å². The van der Waals surface area contributed by atoms with Gasteiger partial charge in [-0.25, -0.2) is 13.4 Å². The van der Waals surface area contributed by atoms with Crippen molar-refractivity contribution >= 4 is 21.7 Å². The van der Waals surface area contributed by atoms with Crippen molar-refractivity contribution in [2.75, 3.05) is 25.5 Å². The zero-order valence-corrected chi connectivity index (χ0v) is 19.5. The average molecular weight is 498 g/mol. The summed E-state index contributed by atoms with van der Waals surface area (Å²) >= 11 is 0. The zero-order chi connectivity index (χ0) is 24.6. The van der Waals surface area contributed by atoms with Crippen LogP contribution in [0.2, 0.25) is 0 Å². The van der Waals surface area contributed by atoms with E-state index >= 15 is 0 Å². The van der Waals surface area contributed by atoms with E-state index in [1.165, 1.54) is 16.4 Å². The fraction of sp³-hybridized carbons (Fsp3) is 0.409. The van der Waals surface area contributed by atoms with Crippen molar-refractivity contribution in [3.63, 3.8) is 0 Å². The summed E-state index contributed by atoms with van der Waals surface area (Å²) in [7, 11) is -2.32. The number of para-hydroxylation sites is 2. The lowest BCUT2D eigenvalue weighted by Crippen LogP contribution is -2.58. The zero-order valence-electron chi connectivity index (χ0n) is 18.7. The normalized spacial score (nSPS) is 23.1. The molecule has 0 bridgehead atoms. The van der Waals surface area contributed by atoms with Crippen molar-refractivity contribution in [2.24, 2.45) is 4.99 Å². The number of halogens is 3. The van der Waals surface area contributed by atoms with Crippen LogP contribution in [0.15, 0.2) is 58.4 Å². The van der Waals surface area contributed by atoms with E-state index < -0.39 is 32.7 Å². The molecule has 184 valence electrons. The molecular formula is C22H26F3N5O3S. The minimum Gasteiger partial charge on any atom is -0.404 e. The highest BCUT2D eigenvalue weighted by Gasteiger charge is 2.37. The van der Waals surface area contributed by atoms with E-state index in [0.717, 1.165) is 23.4 Å². The third kappa shape index (κ3) is 4.98. The van der Waals surface area contributed by atoms with Gasteiger partial charge >= 0.3 is 6.36 Å². The molecule has 34 heavy (non-hydrogen) atoms. The molecule has 2 aliphatic rings. The Balaban J connectivity index is 1.48. The summed E-state index contributed by atoms with van der Waals surface area (Å²) < 4.78 is 69.5. The molecule has 8 nitrogen and oxygen atoms in total. The molecule has 4 rings (SSSR count). The van der Waals surface area contributed by atoms with Crippen molar-refractivity contribution in [3.8, 4) is 5.75 Å². The van der Waals surface area contributed by atoms with Crippen molar-refractivity contribution < 1.29 is 26.3 Å². The maximum absolute atomic E-state index is 13.1. The summed E-state index contributed by atoms with van der Waals surface area (Å²) in [5.41, 5.74) is 1.42. The van der Waals surface area contributed by atoms with E-state index in [2.05, 4.69) is 20.7 Å². The molecule has 1 fully saturated rings. The van der Waals surface area contributed by atoms with Crippen LogP contribution in [0, 0.1) is 0 Å². The quantitative estimate of drug-likeness (QED) is 0.588. The fourth-order valence-corrected chi connectivity index (χ4v) is 5.74. The number of fused-ring (bicyclic) bond motifs is 1. The number of aliphatic imine (C=N–C) groups is 1. The molecule has 0 saturated carbocycles. The van der Waals surface area contributed by atoms with Gasteiger partial charge in [0.15, 0.2) is 5.96 Å². The topological polar surface area (TPSA) is 95.1 Å². The summed E-state index contributed by atoms with van der Waals surface area (Å²) in [6.07, 6.45) is -4.15. The number of benzene rings is 2. The van der Waals surface area contributed by atoms with Crippen molar-refractivity contribution in [1.29, 1.82) is 0 Å². The number of hydrogen-bond donors (Lipinski definition) is 3. The molecule has 0 aromatic heterocycles. The molecule has 1 unspecified atom stereocenters. The van der Waals surface area contributed by atoms with Crippen LogP contribution in [0.5, 0.6) is 5.75 Å². The third-order valence-corrected chi connectivity index (χ3v) is 7.95. The van der Waals surface area contributed by atoms with Gasteiger partial charge in [-0.2, -0.15) is 4.31 Å². The number of hydrogen-bond acceptors (Lipinski definition) is 5. The molecule has 1 atom stereocenters. The number of nitrogens with zero attached hydrogens (tertiary/aromatic N) is 2. The van der Waals surface area contributed by atoms with Gasteiger partial charge in [-0.1, -0.05) is 30.3 Å². The van der Waals surface area contributed by atoms with Gasteiger partial charge in [0.1, 0.15) is 16.3 Å². The Labute approximate surface area is 196 Å². The van der Waals surface area contributed by atoms with E-state index in [0.29, 0.717) is 18.8 Å². The SMILES string of the molecule is CNC1(C)NC(=NC2CCN(S(=O)(=O)c3ccccc3OC(F)(F)F)CC2)Nc2ccccc21. The lowest BCUT2D eigenvalue weighted by molar-refractivity contribution is -0.275. The molecule has 2 aromatic rings. The maximum Gasteiger partial charge on any atom is 0.573 e. The van der Waals surface area contributed by atoms with Gasteiger partial charge in [-0.3, -0.25) is 5.32 Å². The van der Waals surface area contributed by atoms with Gasteiger partial charge in [0.25, 0.3) is 0 Å². The number of guanidine groups is 1. The monoisotopic (exact) mass is 497 g/mol. The van der Waals surface area contributed by atoms with Crippen LogP contribution in [-0.4, -0.2) is 51.2 Å². The van der Waals surface area contributed by atoms with Crippen LogP contribution in [0.25, 0.3) is 0 Å². The number of nitrogens with one attached hydrogen (secondary N) is 3. The number of piperidine rings is 1. The molecule has 0 spiro atoms. The average Bonchev–Trinajstić information content (AvgIpc) is 2.79. The molecule has 3 N–H and O–H groups in total. The molecule has 0 aliphatic carbocycles. The van der Waals surface area contributed by atoms with Gasteiger partial charge in [-0.05, 0) is 45.0 Å². The van der Waals surface area contributed by atoms with Crippen molar-refractivity contribution in [3.05, 3.63) is 54.1 Å². The second kappa shape index (κ2) is 9.08. The van der Waals surface area contributed by atoms with Crippen LogP contribution in [-0.2, 0) is 15.7 Å². The molecule has 2 aromatic carbocycles. The predicted octanol–water partition coefficient (Wildman–Crippen LogP) is 3.20. The Bertz CT molecular complexity index is 1180. The first-order valence-electron chi connectivity index (χ1n) is 10.8. The highest BCUT2D eigenvalue weighted by molar-refractivity contribution is 7.89. The van der Waals surface area contributed by atoms with E-state index in [4.69, 9.17) is 4.99 Å². The maximum atomic E-state index is 13.1. The van der Waals surface area contributed by atoms with Crippen LogP contribution < -0.4 is 20.7 Å². The number of alkyl halides is 3. The summed E-state index contributed by atoms with van der Waals surface area (Å²) in [4.78, 5) is 4.25. The summed E-state index contributed by atoms with van der Waals surface area (Å²) in [6.45, 7) is 2.26. The minimum absolute atomic E-state index is 0.129. The Hall–Kier alpha value is -2.83. The van der Waals surface area contributed by atoms with E-state index in [-0.39, 0.29) is 19.1 Å². The van der Waals surface area contributed by atoms with Gasteiger partial charge in [0, 0.05) is 24.3 Å². The summed E-state index contributed by atoms with van der Waals surface area (Å²) in [5.74, 6) is -0.168. The Morgan fingerprint density at radius 1 is 1.12 bits per heavy atom. The first kappa shape index (κ1) is 24.3. The van der Waals surface area contributed by atoms with Crippen LogP contribution in [0.4, 0.5) is 18.9 Å². The molecule has 0 radical (unpaired) electrons. The molecule has 0 amide bonds. The van der Waals surface area contributed by atoms with Gasteiger partial charge < -0.3 is 15.4 Å². The van der Waals surface area contributed by atoms with E-state index in [9.17, 15) is 21.6 Å². The van der Waals surface area contributed by atoms with Crippen molar-refractivity contribution in [1.82, 2.24) is 14.9 Å². The fourth-order valence-electron chi connectivity index (χ4n) is 4.16. The summed E-state index contributed by atoms with van der Waals surface area (Å²) in [5, 5.41) is 9.89. The summed E-state index contributed by atoms with van der Waals surface area (Å²) in [6, 6.07) is 12.5. The van der Waals surface area contributed by atoms with E-state index in [1.54, 1.807) is 0 Å². The highest BCUT2D eigenvalue weighted by atomic mass is 32.2. The first-order chi connectivity index (χ1) is 16.0. The molecule has 12 heteroatoms. The lowest BCUT2D eigenvalue weighted by Gasteiger charge is -2.39. The third-order valence-electron chi connectivity index (χ3n) is 6.02. The second-order valence-corrected chi connectivity index (χ2v) is 10.2. The lowest BCUT2D eigenvalue weighted by atomic mass is 9.97. The molecule has 2 aliphatic heterocycles.